The van der Waals surface area contributed by atoms with Crippen LogP contribution in [0.5, 0.6) is 0 Å². The summed E-state index contributed by atoms with van der Waals surface area (Å²) in [6.07, 6.45) is 3.04. The zero-order valence-electron chi connectivity index (χ0n) is 13.3. The number of hydrogen-bond acceptors (Lipinski definition) is 4. The smallest absolute Gasteiger partial charge is 0.410 e. The molecule has 5 nitrogen and oxygen atoms in total. The van der Waals surface area contributed by atoms with E-state index in [0.29, 0.717) is 25.7 Å². The van der Waals surface area contributed by atoms with Crippen LogP contribution < -0.4 is 0 Å². The Bertz CT molecular complexity index is 724. The molecule has 3 aliphatic rings. The Labute approximate surface area is 140 Å². The van der Waals surface area contributed by atoms with Crippen LogP contribution in [-0.4, -0.2) is 34.6 Å². The first-order chi connectivity index (χ1) is 11.6. The summed E-state index contributed by atoms with van der Waals surface area (Å²) in [7, 11) is 0. The first-order valence-corrected chi connectivity index (χ1v) is 8.36. The SMILES string of the molecule is O=C1C=C2C[C@H]3CC(=O)C[C@@H]([C@@H]2C1)N3C(=O)OCc1ccccc1. The van der Waals surface area contributed by atoms with E-state index < -0.39 is 0 Å². The van der Waals surface area contributed by atoms with Gasteiger partial charge in [0, 0.05) is 37.3 Å². The fourth-order valence-corrected chi connectivity index (χ4v) is 4.22. The van der Waals surface area contributed by atoms with E-state index in [9.17, 15) is 14.4 Å². The number of hydrogen-bond donors (Lipinski definition) is 0. The fourth-order valence-electron chi connectivity index (χ4n) is 4.22. The molecular formula is C19H19NO4. The topological polar surface area (TPSA) is 63.7 Å². The maximum Gasteiger partial charge on any atom is 0.410 e. The second-order valence-corrected chi connectivity index (χ2v) is 6.82. The van der Waals surface area contributed by atoms with E-state index in [1.807, 2.05) is 30.3 Å². The standard InChI is InChI=1S/C19H19NO4/c21-15-7-13-6-14-8-16(22)10-18(17(13)9-15)20(14)19(23)24-11-12-4-2-1-3-5-12/h1-5,7,14,17-18H,6,8-11H2/t14-,17+,18-/m0/s1. The Hall–Kier alpha value is -2.43. The largest absolute Gasteiger partial charge is 0.445 e. The fraction of sp³-hybridized carbons (Fsp3) is 0.421. The van der Waals surface area contributed by atoms with Crippen LogP contribution in [0.1, 0.15) is 31.2 Å². The number of piperidine rings is 2. The van der Waals surface area contributed by atoms with Crippen molar-refractivity contribution in [3.8, 4) is 0 Å². The average molecular weight is 325 g/mol. The Morgan fingerprint density at radius 3 is 2.67 bits per heavy atom. The van der Waals surface area contributed by atoms with E-state index in [4.69, 9.17) is 4.74 Å². The van der Waals surface area contributed by atoms with E-state index in [1.54, 1.807) is 11.0 Å². The number of allylic oxidation sites excluding steroid dienone is 1. The monoisotopic (exact) mass is 325 g/mol. The summed E-state index contributed by atoms with van der Waals surface area (Å²) >= 11 is 0. The van der Waals surface area contributed by atoms with Gasteiger partial charge in [-0.3, -0.25) is 9.59 Å². The van der Waals surface area contributed by atoms with Crippen LogP contribution in [0.4, 0.5) is 4.79 Å². The molecule has 0 unspecified atom stereocenters. The van der Waals surface area contributed by atoms with Crippen molar-refractivity contribution in [2.24, 2.45) is 5.92 Å². The highest BCUT2D eigenvalue weighted by Crippen LogP contribution is 2.44. The van der Waals surface area contributed by atoms with Gasteiger partial charge in [-0.05, 0) is 18.1 Å². The van der Waals surface area contributed by atoms with E-state index in [0.717, 1.165) is 11.1 Å². The molecule has 5 heteroatoms. The number of rotatable bonds is 2. The van der Waals surface area contributed by atoms with Gasteiger partial charge in [-0.2, -0.15) is 0 Å². The quantitative estimate of drug-likeness (QED) is 0.838. The lowest BCUT2D eigenvalue weighted by molar-refractivity contribution is -0.127. The lowest BCUT2D eigenvalue weighted by Crippen LogP contribution is -2.58. The molecule has 0 radical (unpaired) electrons. The molecule has 1 aromatic carbocycles. The Balaban J connectivity index is 1.52. The van der Waals surface area contributed by atoms with Gasteiger partial charge in [0.2, 0.25) is 0 Å². The minimum absolute atomic E-state index is 0.0118. The van der Waals surface area contributed by atoms with Gasteiger partial charge in [0.15, 0.2) is 5.78 Å². The third kappa shape index (κ3) is 2.64. The molecule has 2 bridgehead atoms. The molecule has 0 saturated carbocycles. The van der Waals surface area contributed by atoms with Crippen LogP contribution in [0.15, 0.2) is 42.0 Å². The van der Waals surface area contributed by atoms with Crippen LogP contribution in [0.2, 0.25) is 0 Å². The van der Waals surface area contributed by atoms with Gasteiger partial charge in [0.1, 0.15) is 12.4 Å². The number of nitrogens with zero attached hydrogens (tertiary/aromatic N) is 1. The lowest BCUT2D eigenvalue weighted by Gasteiger charge is -2.48. The highest BCUT2D eigenvalue weighted by atomic mass is 16.6. The second kappa shape index (κ2) is 5.89. The predicted molar refractivity (Wildman–Crippen MR) is 86.1 cm³/mol. The third-order valence-corrected chi connectivity index (χ3v) is 5.25. The molecule has 2 heterocycles. The number of fused-ring (bicyclic) bond motifs is 4. The molecule has 0 N–H and O–H groups in total. The minimum Gasteiger partial charge on any atom is -0.445 e. The average Bonchev–Trinajstić information content (AvgIpc) is 2.93. The molecule has 24 heavy (non-hydrogen) atoms. The highest BCUT2D eigenvalue weighted by Gasteiger charge is 2.49. The van der Waals surface area contributed by atoms with E-state index >= 15 is 0 Å². The number of benzene rings is 1. The molecule has 2 fully saturated rings. The zero-order valence-corrected chi connectivity index (χ0v) is 13.3. The molecule has 2 aliphatic heterocycles. The molecule has 1 aliphatic carbocycles. The van der Waals surface area contributed by atoms with Crippen molar-refractivity contribution in [2.75, 3.05) is 0 Å². The summed E-state index contributed by atoms with van der Waals surface area (Å²) in [6, 6.07) is 9.13. The van der Waals surface area contributed by atoms with Gasteiger partial charge >= 0.3 is 6.09 Å². The molecule has 3 atom stereocenters. The molecule has 0 spiro atoms. The van der Waals surface area contributed by atoms with Crippen molar-refractivity contribution in [2.45, 2.75) is 44.4 Å². The number of carbonyl (C=O) groups excluding carboxylic acids is 3. The first kappa shape index (κ1) is 15.1. The van der Waals surface area contributed by atoms with Crippen molar-refractivity contribution >= 4 is 17.7 Å². The van der Waals surface area contributed by atoms with Gasteiger partial charge in [0.05, 0.1) is 0 Å². The Morgan fingerprint density at radius 1 is 1.08 bits per heavy atom. The summed E-state index contributed by atoms with van der Waals surface area (Å²) in [4.78, 5) is 38.2. The number of carbonyl (C=O) groups is 3. The van der Waals surface area contributed by atoms with Crippen LogP contribution >= 0.6 is 0 Å². The zero-order chi connectivity index (χ0) is 16.7. The maximum absolute atomic E-state index is 12.6. The van der Waals surface area contributed by atoms with Crippen molar-refractivity contribution in [3.05, 3.63) is 47.5 Å². The van der Waals surface area contributed by atoms with Gasteiger partial charge in [-0.1, -0.05) is 35.9 Å². The van der Waals surface area contributed by atoms with Crippen molar-refractivity contribution in [1.29, 1.82) is 0 Å². The summed E-state index contributed by atoms with van der Waals surface area (Å²) in [5.74, 6) is 0.269. The van der Waals surface area contributed by atoms with Crippen LogP contribution in [0.3, 0.4) is 0 Å². The van der Waals surface area contributed by atoms with Crippen LogP contribution in [-0.2, 0) is 20.9 Å². The predicted octanol–water partition coefficient (Wildman–Crippen LogP) is 2.64. The second-order valence-electron chi connectivity index (χ2n) is 6.82. The summed E-state index contributed by atoms with van der Waals surface area (Å²) < 4.78 is 5.49. The van der Waals surface area contributed by atoms with Crippen molar-refractivity contribution in [1.82, 2.24) is 4.90 Å². The normalized spacial score (nSPS) is 28.4. The first-order valence-electron chi connectivity index (χ1n) is 8.36. The third-order valence-electron chi connectivity index (χ3n) is 5.25. The van der Waals surface area contributed by atoms with Crippen LogP contribution in [0.25, 0.3) is 0 Å². The number of ketones is 2. The van der Waals surface area contributed by atoms with Gasteiger partial charge in [-0.15, -0.1) is 0 Å². The van der Waals surface area contributed by atoms with Gasteiger partial charge in [-0.25, -0.2) is 4.79 Å². The van der Waals surface area contributed by atoms with Gasteiger partial charge < -0.3 is 9.64 Å². The molecule has 1 aromatic rings. The molecular weight excluding hydrogens is 306 g/mol. The van der Waals surface area contributed by atoms with E-state index in [-0.39, 0.29) is 42.3 Å². The number of Topliss-reactive ketones (excluding diaryl/α,β-unsaturated/α-hetero) is 1. The Kier molecular flexibility index (Phi) is 3.71. The Morgan fingerprint density at radius 2 is 1.88 bits per heavy atom. The minimum atomic E-state index is -0.375. The van der Waals surface area contributed by atoms with Crippen molar-refractivity contribution < 1.29 is 19.1 Å². The number of amides is 1. The maximum atomic E-state index is 12.6. The molecule has 0 aromatic heterocycles. The van der Waals surface area contributed by atoms with Crippen molar-refractivity contribution in [3.63, 3.8) is 0 Å². The lowest BCUT2D eigenvalue weighted by atomic mass is 9.75. The molecule has 2 saturated heterocycles. The number of ether oxygens (including phenoxy) is 1. The van der Waals surface area contributed by atoms with E-state index in [1.165, 1.54) is 0 Å². The van der Waals surface area contributed by atoms with Gasteiger partial charge in [0.25, 0.3) is 0 Å². The summed E-state index contributed by atoms with van der Waals surface area (Å²) in [5, 5.41) is 0. The van der Waals surface area contributed by atoms with E-state index in [2.05, 4.69) is 0 Å². The summed E-state index contributed by atoms with van der Waals surface area (Å²) in [5.41, 5.74) is 2.04. The molecule has 1 amide bonds. The highest BCUT2D eigenvalue weighted by molar-refractivity contribution is 5.94. The summed E-state index contributed by atoms with van der Waals surface area (Å²) in [6.45, 7) is 0.218. The molecule has 124 valence electrons. The molecule has 4 rings (SSSR count). The van der Waals surface area contributed by atoms with Crippen LogP contribution in [0, 0.1) is 5.92 Å².